The number of halogens is 6. The fourth-order valence-corrected chi connectivity index (χ4v) is 0. The molecule has 0 bridgehead atoms. The van der Waals surface area contributed by atoms with Gasteiger partial charge in [0.05, 0.1) is 0 Å². The van der Waals surface area contributed by atoms with Crippen LogP contribution in [-0.2, 0) is 16.5 Å². The zero-order valence-electron chi connectivity index (χ0n) is 6.77. The summed E-state index contributed by atoms with van der Waals surface area (Å²) in [5.41, 5.74) is 0. The minimum atomic E-state index is 0. The second-order valence-electron chi connectivity index (χ2n) is 0. The third kappa shape index (κ3) is 88.5. The van der Waals surface area contributed by atoms with E-state index in [1.165, 1.54) is 0 Å². The van der Waals surface area contributed by atoms with Crippen LogP contribution in [0.4, 0.5) is 28.2 Å². The van der Waals surface area contributed by atoms with Gasteiger partial charge in [-0.3, -0.25) is 28.2 Å². The van der Waals surface area contributed by atoms with Crippen molar-refractivity contribution in [3.05, 3.63) is 0 Å². The Balaban J connectivity index is 0. The first-order valence-corrected chi connectivity index (χ1v) is 0. The summed E-state index contributed by atoms with van der Waals surface area (Å²) in [4.78, 5) is 0. The Morgan fingerprint density at radius 3 is 0.444 bits per heavy atom. The van der Waals surface area contributed by atoms with Gasteiger partial charge in [-0.05, 0) is 0 Å². The SMILES string of the molecule is F.F.F.F.F.F.[H-].[H-].[K+].[K+].[Ni]. The molecular formula is H8F6K2Ni. The summed E-state index contributed by atoms with van der Waals surface area (Å²) in [7, 11) is 0. The predicted molar refractivity (Wildman–Crippen MR) is 17.2 cm³/mol. The monoisotopic (exact) mass is 258 g/mol. The van der Waals surface area contributed by atoms with Crippen LogP contribution in [0.15, 0.2) is 0 Å². The van der Waals surface area contributed by atoms with Crippen molar-refractivity contribution in [2.75, 3.05) is 0 Å². The van der Waals surface area contributed by atoms with Gasteiger partial charge in [0.25, 0.3) is 0 Å². The fraction of sp³-hybridized carbons (Fsp3) is 0. The van der Waals surface area contributed by atoms with E-state index in [0.29, 0.717) is 0 Å². The molecule has 9 heteroatoms. The maximum Gasteiger partial charge on any atom is 1.00 e. The molecule has 0 rings (SSSR count). The van der Waals surface area contributed by atoms with Crippen molar-refractivity contribution in [1.29, 1.82) is 0 Å². The summed E-state index contributed by atoms with van der Waals surface area (Å²) in [6.07, 6.45) is 0. The number of hydrogen-bond acceptors (Lipinski definition) is 0. The molecular weight excluding hydrogens is 251 g/mol. The Bertz CT molecular complexity index is 18.5. The average Bonchev–Trinajstić information content (AvgIpc) is 0. The van der Waals surface area contributed by atoms with Crippen LogP contribution in [0, 0.1) is 0 Å². The standard InChI is InChI=1S/6FH.2K.Ni.2H/h6*1H;;;;;/q;;;;;;2*+1;;2*-1. The Labute approximate surface area is 147 Å². The zero-order chi connectivity index (χ0) is 0. The molecule has 0 atom stereocenters. The second-order valence-corrected chi connectivity index (χ2v) is 0. The largest absolute Gasteiger partial charge is 1.00 e. The van der Waals surface area contributed by atoms with Crippen LogP contribution in [0.5, 0.6) is 0 Å². The van der Waals surface area contributed by atoms with Gasteiger partial charge < -0.3 is 2.85 Å². The molecule has 0 aromatic heterocycles. The van der Waals surface area contributed by atoms with Gasteiger partial charge in [0.2, 0.25) is 0 Å². The molecule has 0 aromatic carbocycles. The van der Waals surface area contributed by atoms with Crippen LogP contribution in [0.2, 0.25) is 0 Å². The van der Waals surface area contributed by atoms with Crippen molar-refractivity contribution in [3.63, 3.8) is 0 Å². The molecule has 0 fully saturated rings. The summed E-state index contributed by atoms with van der Waals surface area (Å²) in [5, 5.41) is 0. The minimum Gasteiger partial charge on any atom is -1.00 e. The predicted octanol–water partition coefficient (Wildman–Crippen LogP) is -4.85. The van der Waals surface area contributed by atoms with Crippen LogP contribution in [0.25, 0.3) is 0 Å². The third-order valence-electron chi connectivity index (χ3n) is 0. The van der Waals surface area contributed by atoms with Gasteiger partial charge in [-0.15, -0.1) is 0 Å². The topological polar surface area (TPSA) is 0 Å². The quantitative estimate of drug-likeness (QED) is 0.302. The van der Waals surface area contributed by atoms with Gasteiger partial charge in [0.1, 0.15) is 0 Å². The van der Waals surface area contributed by atoms with E-state index in [1.807, 2.05) is 0 Å². The van der Waals surface area contributed by atoms with Gasteiger partial charge in [0.15, 0.2) is 0 Å². The maximum absolute atomic E-state index is 0. The molecule has 0 unspecified atom stereocenters. The van der Waals surface area contributed by atoms with Crippen LogP contribution in [0.3, 0.4) is 0 Å². The summed E-state index contributed by atoms with van der Waals surface area (Å²) in [5.74, 6) is 0. The normalized spacial score (nSPS) is 0. The summed E-state index contributed by atoms with van der Waals surface area (Å²) in [6, 6.07) is 0. The van der Waals surface area contributed by atoms with Crippen LogP contribution < -0.4 is 103 Å². The molecule has 0 saturated heterocycles. The van der Waals surface area contributed by atoms with Crippen molar-refractivity contribution < 1.29 is 150 Å². The zero-order valence-corrected chi connectivity index (χ0v) is 12.0. The molecule has 9 heavy (non-hydrogen) atoms. The van der Waals surface area contributed by atoms with Crippen LogP contribution in [0.1, 0.15) is 2.85 Å². The van der Waals surface area contributed by atoms with E-state index in [9.17, 15) is 0 Å². The van der Waals surface area contributed by atoms with Crippen molar-refractivity contribution >= 4 is 0 Å². The Kier molecular flexibility index (Phi) is 1710. The summed E-state index contributed by atoms with van der Waals surface area (Å²) < 4.78 is 0. The second kappa shape index (κ2) is 108. The first-order chi connectivity index (χ1) is 0. The van der Waals surface area contributed by atoms with Gasteiger partial charge in [-0.2, -0.15) is 0 Å². The van der Waals surface area contributed by atoms with E-state index < -0.39 is 0 Å². The van der Waals surface area contributed by atoms with E-state index in [4.69, 9.17) is 0 Å². The van der Waals surface area contributed by atoms with E-state index in [-0.39, 0.29) is 150 Å². The smallest absolute Gasteiger partial charge is 1.00 e. The molecule has 0 aliphatic rings. The first kappa shape index (κ1) is 142. The van der Waals surface area contributed by atoms with Crippen LogP contribution >= 0.6 is 0 Å². The molecule has 62 valence electrons. The van der Waals surface area contributed by atoms with Crippen molar-refractivity contribution in [2.24, 2.45) is 0 Å². The van der Waals surface area contributed by atoms with Gasteiger partial charge in [0, 0.05) is 16.5 Å². The molecule has 0 spiro atoms. The molecule has 0 aliphatic carbocycles. The number of hydrogen-bond donors (Lipinski definition) is 0. The van der Waals surface area contributed by atoms with E-state index in [0.717, 1.165) is 0 Å². The maximum atomic E-state index is 0. The Morgan fingerprint density at radius 2 is 0.444 bits per heavy atom. The summed E-state index contributed by atoms with van der Waals surface area (Å²) >= 11 is 0. The van der Waals surface area contributed by atoms with E-state index in [1.54, 1.807) is 0 Å². The molecule has 0 nitrogen and oxygen atoms in total. The minimum absolute atomic E-state index is 0. The summed E-state index contributed by atoms with van der Waals surface area (Å²) in [6.45, 7) is 0. The average molecular weight is 259 g/mol. The van der Waals surface area contributed by atoms with Crippen molar-refractivity contribution in [1.82, 2.24) is 0 Å². The molecule has 0 heterocycles. The van der Waals surface area contributed by atoms with Crippen LogP contribution in [-0.4, -0.2) is 0 Å². The van der Waals surface area contributed by atoms with Gasteiger partial charge in [-0.25, -0.2) is 0 Å². The van der Waals surface area contributed by atoms with E-state index in [2.05, 4.69) is 0 Å². The Hall–Kier alpha value is 3.35. The number of rotatable bonds is 0. The third-order valence-corrected chi connectivity index (χ3v) is 0. The van der Waals surface area contributed by atoms with Gasteiger partial charge in [-0.1, -0.05) is 0 Å². The molecule has 0 aromatic rings. The molecule has 0 saturated carbocycles. The molecule has 0 N–H and O–H groups in total. The van der Waals surface area contributed by atoms with Crippen molar-refractivity contribution in [2.45, 2.75) is 0 Å². The van der Waals surface area contributed by atoms with Crippen molar-refractivity contribution in [3.8, 4) is 0 Å². The van der Waals surface area contributed by atoms with Gasteiger partial charge >= 0.3 is 103 Å². The first-order valence-electron chi connectivity index (χ1n) is 0. The molecule has 0 amide bonds. The molecule has 0 aliphatic heterocycles. The van der Waals surface area contributed by atoms with E-state index >= 15 is 0 Å². The fourth-order valence-electron chi connectivity index (χ4n) is 0. The molecule has 0 radical (unpaired) electrons. The Morgan fingerprint density at radius 1 is 0.444 bits per heavy atom.